The molecule has 2 heterocycles. The lowest BCUT2D eigenvalue weighted by Gasteiger charge is -2.09. The summed E-state index contributed by atoms with van der Waals surface area (Å²) in [6.45, 7) is 0. The fourth-order valence-corrected chi connectivity index (χ4v) is 2.83. The first-order valence-electron chi connectivity index (χ1n) is 7.13. The quantitative estimate of drug-likeness (QED) is 0.492. The Morgan fingerprint density at radius 3 is 2.52 bits per heavy atom. The van der Waals surface area contributed by atoms with Crippen LogP contribution in [-0.2, 0) is 0 Å². The second-order valence-corrected chi connectivity index (χ2v) is 5.87. The van der Waals surface area contributed by atoms with Crippen molar-refractivity contribution >= 4 is 34.5 Å². The minimum Gasteiger partial charge on any atom is -0.360 e. The maximum atomic E-state index is 12.5. The van der Waals surface area contributed by atoms with Gasteiger partial charge in [-0.15, -0.1) is 0 Å². The van der Waals surface area contributed by atoms with E-state index >= 15 is 0 Å². The summed E-state index contributed by atoms with van der Waals surface area (Å²) < 4.78 is 25.1. The van der Waals surface area contributed by atoms with Gasteiger partial charge in [-0.25, -0.2) is 4.98 Å². The number of aromatic nitrogens is 2. The molecule has 0 bridgehead atoms. The Balaban J connectivity index is 1.71. The molecule has 0 radical (unpaired) electrons. The lowest BCUT2D eigenvalue weighted by Crippen LogP contribution is -2.41. The van der Waals surface area contributed by atoms with Crippen LogP contribution >= 0.6 is 11.8 Å². The van der Waals surface area contributed by atoms with Gasteiger partial charge in [0, 0.05) is 23.3 Å². The first-order valence-corrected chi connectivity index (χ1v) is 8.01. The molecule has 0 spiro atoms. The topological polar surface area (TPSA) is 86.9 Å². The summed E-state index contributed by atoms with van der Waals surface area (Å²) in [5.74, 6) is -3.97. The second-order valence-electron chi connectivity index (χ2n) is 4.89. The molecule has 0 unspecified atom stereocenters. The molecule has 0 aliphatic carbocycles. The van der Waals surface area contributed by atoms with Crippen LogP contribution in [0.4, 0.5) is 8.78 Å². The Labute approximate surface area is 145 Å². The van der Waals surface area contributed by atoms with E-state index in [0.29, 0.717) is 10.9 Å². The van der Waals surface area contributed by atoms with Crippen LogP contribution in [0.2, 0.25) is 0 Å². The first kappa shape index (κ1) is 16.9. The minimum absolute atomic E-state index is 0.0490. The molecule has 2 amide bonds. The maximum absolute atomic E-state index is 12.5. The van der Waals surface area contributed by atoms with Crippen LogP contribution in [0.15, 0.2) is 53.8 Å². The number of carbonyl (C=O) groups is 2. The number of carbonyl (C=O) groups excluding carboxylic acids is 2. The molecule has 2 aromatic heterocycles. The minimum atomic E-state index is -2.71. The number of rotatable bonds is 4. The zero-order valence-electron chi connectivity index (χ0n) is 12.6. The molecule has 25 heavy (non-hydrogen) atoms. The standard InChI is InChI=1S/C16H12F2N4O2S/c17-16(18)25-15-10(5-3-7-19-15)13(23)21-22-14(24)11-8-20-12-6-2-1-4-9(11)12/h1-8,16,20H,(H,21,23)(H,22,24). The van der Waals surface area contributed by atoms with Crippen molar-refractivity contribution in [3.05, 3.63) is 59.9 Å². The number of para-hydroxylation sites is 1. The lowest BCUT2D eigenvalue weighted by atomic mass is 10.2. The monoisotopic (exact) mass is 362 g/mol. The van der Waals surface area contributed by atoms with Crippen molar-refractivity contribution in [2.24, 2.45) is 0 Å². The summed E-state index contributed by atoms with van der Waals surface area (Å²) in [7, 11) is 0. The first-order chi connectivity index (χ1) is 12.1. The largest absolute Gasteiger partial charge is 0.360 e. The number of pyridine rings is 1. The van der Waals surface area contributed by atoms with E-state index in [2.05, 4.69) is 20.8 Å². The van der Waals surface area contributed by atoms with Crippen LogP contribution in [0.25, 0.3) is 10.9 Å². The molecule has 0 saturated carbocycles. The van der Waals surface area contributed by atoms with Gasteiger partial charge in [-0.05, 0) is 30.0 Å². The van der Waals surface area contributed by atoms with Crippen molar-refractivity contribution in [2.45, 2.75) is 10.8 Å². The molecule has 0 atom stereocenters. The highest BCUT2D eigenvalue weighted by Gasteiger charge is 2.18. The van der Waals surface area contributed by atoms with Crippen molar-refractivity contribution < 1.29 is 18.4 Å². The van der Waals surface area contributed by atoms with Gasteiger partial charge < -0.3 is 4.98 Å². The Kier molecular flexibility index (Phi) is 4.94. The normalized spacial score (nSPS) is 10.8. The molecule has 1 aromatic carbocycles. The molecule has 9 heteroatoms. The summed E-state index contributed by atoms with van der Waals surface area (Å²) in [4.78, 5) is 31.1. The predicted molar refractivity (Wildman–Crippen MR) is 89.3 cm³/mol. The number of hydrazine groups is 1. The molecule has 3 rings (SSSR count). The number of aromatic amines is 1. The van der Waals surface area contributed by atoms with Crippen molar-refractivity contribution in [2.75, 3.05) is 0 Å². The van der Waals surface area contributed by atoms with E-state index in [0.717, 1.165) is 5.52 Å². The third kappa shape index (κ3) is 3.77. The average molecular weight is 362 g/mol. The van der Waals surface area contributed by atoms with Crippen LogP contribution in [0.3, 0.4) is 0 Å². The van der Waals surface area contributed by atoms with Gasteiger partial charge in [-0.1, -0.05) is 18.2 Å². The van der Waals surface area contributed by atoms with Crippen LogP contribution in [-0.4, -0.2) is 27.5 Å². The van der Waals surface area contributed by atoms with Crippen LogP contribution < -0.4 is 10.9 Å². The van der Waals surface area contributed by atoms with Gasteiger partial charge in [0.25, 0.3) is 17.6 Å². The van der Waals surface area contributed by atoms with Gasteiger partial charge in [0.15, 0.2) is 0 Å². The molecular weight excluding hydrogens is 350 g/mol. The van der Waals surface area contributed by atoms with E-state index in [-0.39, 0.29) is 22.4 Å². The van der Waals surface area contributed by atoms with Gasteiger partial charge in [0.2, 0.25) is 0 Å². The van der Waals surface area contributed by atoms with Crippen molar-refractivity contribution in [1.82, 2.24) is 20.8 Å². The summed E-state index contributed by atoms with van der Waals surface area (Å²) in [6, 6.07) is 9.99. The summed E-state index contributed by atoms with van der Waals surface area (Å²) in [5.41, 5.74) is 5.57. The molecular formula is C16H12F2N4O2S. The average Bonchev–Trinajstić information content (AvgIpc) is 3.03. The van der Waals surface area contributed by atoms with E-state index in [1.165, 1.54) is 24.5 Å². The third-order valence-corrected chi connectivity index (χ3v) is 4.07. The van der Waals surface area contributed by atoms with Gasteiger partial charge >= 0.3 is 0 Å². The summed E-state index contributed by atoms with van der Waals surface area (Å²) in [5, 5.41) is 0.584. The number of nitrogens with one attached hydrogen (secondary N) is 3. The highest BCUT2D eigenvalue weighted by molar-refractivity contribution is 7.99. The number of nitrogens with zero attached hydrogens (tertiary/aromatic N) is 1. The van der Waals surface area contributed by atoms with Crippen molar-refractivity contribution in [3.63, 3.8) is 0 Å². The molecule has 128 valence electrons. The smallest absolute Gasteiger partial charge is 0.290 e. The Bertz CT molecular complexity index is 929. The van der Waals surface area contributed by atoms with Crippen molar-refractivity contribution in [1.29, 1.82) is 0 Å². The fourth-order valence-electron chi connectivity index (χ4n) is 2.25. The fraction of sp³-hybridized carbons (Fsp3) is 0.0625. The zero-order chi connectivity index (χ0) is 17.8. The van der Waals surface area contributed by atoms with Gasteiger partial charge in [0.05, 0.1) is 11.1 Å². The number of halogens is 2. The number of fused-ring (bicyclic) bond motifs is 1. The SMILES string of the molecule is O=C(NNC(=O)c1c[nH]c2ccccc12)c1cccnc1SC(F)F. The number of H-pyrrole nitrogens is 1. The number of amides is 2. The van der Waals surface area contributed by atoms with E-state index in [4.69, 9.17) is 0 Å². The zero-order valence-corrected chi connectivity index (χ0v) is 13.4. The van der Waals surface area contributed by atoms with Crippen molar-refractivity contribution in [3.8, 4) is 0 Å². The van der Waals surface area contributed by atoms with Gasteiger partial charge in [0.1, 0.15) is 5.03 Å². The van der Waals surface area contributed by atoms with E-state index in [9.17, 15) is 18.4 Å². The lowest BCUT2D eigenvalue weighted by molar-refractivity contribution is 0.0845. The van der Waals surface area contributed by atoms with Gasteiger partial charge in [-0.3, -0.25) is 20.4 Å². The van der Waals surface area contributed by atoms with Crippen LogP contribution in [0.5, 0.6) is 0 Å². The Morgan fingerprint density at radius 2 is 1.76 bits per heavy atom. The van der Waals surface area contributed by atoms with Crippen LogP contribution in [0.1, 0.15) is 20.7 Å². The number of benzene rings is 1. The highest BCUT2D eigenvalue weighted by Crippen LogP contribution is 2.26. The molecule has 3 N–H and O–H groups in total. The molecule has 0 aliphatic heterocycles. The molecule has 0 saturated heterocycles. The molecule has 0 fully saturated rings. The number of thioether (sulfide) groups is 1. The highest BCUT2D eigenvalue weighted by atomic mass is 32.2. The summed E-state index contributed by atoms with van der Waals surface area (Å²) in [6.07, 6.45) is 2.83. The molecule has 6 nitrogen and oxygen atoms in total. The number of hydrogen-bond donors (Lipinski definition) is 3. The number of hydrogen-bond acceptors (Lipinski definition) is 4. The third-order valence-electron chi connectivity index (χ3n) is 3.34. The van der Waals surface area contributed by atoms with E-state index in [1.54, 1.807) is 12.1 Å². The number of alkyl halides is 2. The van der Waals surface area contributed by atoms with E-state index in [1.807, 2.05) is 12.1 Å². The second kappa shape index (κ2) is 7.31. The molecule has 0 aliphatic rings. The molecule has 3 aromatic rings. The van der Waals surface area contributed by atoms with E-state index < -0.39 is 17.6 Å². The predicted octanol–water partition coefficient (Wildman–Crippen LogP) is 2.95. The Hall–Kier alpha value is -2.94. The Morgan fingerprint density at radius 1 is 1.04 bits per heavy atom. The summed E-state index contributed by atoms with van der Waals surface area (Å²) >= 11 is 0.164. The van der Waals surface area contributed by atoms with Gasteiger partial charge in [-0.2, -0.15) is 8.78 Å². The van der Waals surface area contributed by atoms with Crippen LogP contribution in [0, 0.1) is 0 Å². The maximum Gasteiger partial charge on any atom is 0.290 e.